The second kappa shape index (κ2) is 4.98. The van der Waals surface area contributed by atoms with E-state index in [2.05, 4.69) is 0 Å². The van der Waals surface area contributed by atoms with E-state index in [1.807, 2.05) is 0 Å². The first-order valence-electron chi connectivity index (χ1n) is 4.22. The number of esters is 1. The molecule has 1 atom stereocenters. The molecule has 76 valence electrons. The third-order valence-electron chi connectivity index (χ3n) is 1.73. The number of carbonyl (C=O) groups is 2. The summed E-state index contributed by atoms with van der Waals surface area (Å²) in [6.07, 6.45) is -1.07. The lowest BCUT2D eigenvalue weighted by molar-refractivity contribution is -0.150. The summed E-state index contributed by atoms with van der Waals surface area (Å²) in [5, 5.41) is -0.741. The molecule has 0 saturated carbocycles. The number of hydrogen-bond donors (Lipinski definition) is 0. The van der Waals surface area contributed by atoms with E-state index in [9.17, 15) is 9.59 Å². The van der Waals surface area contributed by atoms with Gasteiger partial charge in [0.2, 0.25) is 6.10 Å². The fourth-order valence-electron chi connectivity index (χ4n) is 1.08. The molecular formula is C10H8BClO3. The van der Waals surface area contributed by atoms with Crippen LogP contribution in [0.2, 0.25) is 0 Å². The van der Waals surface area contributed by atoms with Crippen LogP contribution in [0.25, 0.3) is 0 Å². The van der Waals surface area contributed by atoms with Crippen molar-refractivity contribution >= 4 is 36.1 Å². The fourth-order valence-corrected chi connectivity index (χ4v) is 1.25. The van der Waals surface area contributed by atoms with Gasteiger partial charge in [0.15, 0.2) is 0 Å². The molecule has 0 aromatic heterocycles. The third-order valence-corrected chi connectivity index (χ3v) is 1.93. The van der Waals surface area contributed by atoms with Crippen LogP contribution in [-0.4, -0.2) is 19.1 Å². The van der Waals surface area contributed by atoms with E-state index in [0.29, 0.717) is 11.0 Å². The summed E-state index contributed by atoms with van der Waals surface area (Å²) in [6.45, 7) is 1.21. The van der Waals surface area contributed by atoms with Crippen LogP contribution in [-0.2, 0) is 14.3 Å². The van der Waals surface area contributed by atoms with Gasteiger partial charge in [0.1, 0.15) is 7.85 Å². The van der Waals surface area contributed by atoms with Gasteiger partial charge in [0.25, 0.3) is 5.24 Å². The van der Waals surface area contributed by atoms with Crippen molar-refractivity contribution in [1.82, 2.24) is 0 Å². The molecule has 5 heteroatoms. The van der Waals surface area contributed by atoms with E-state index >= 15 is 0 Å². The summed E-state index contributed by atoms with van der Waals surface area (Å²) in [6, 6.07) is 6.38. The van der Waals surface area contributed by atoms with Gasteiger partial charge in [-0.15, -0.1) is 0 Å². The molecular weight excluding hydrogens is 214 g/mol. The van der Waals surface area contributed by atoms with E-state index < -0.39 is 17.3 Å². The van der Waals surface area contributed by atoms with Gasteiger partial charge in [-0.05, 0) is 11.6 Å². The van der Waals surface area contributed by atoms with Crippen molar-refractivity contribution in [1.29, 1.82) is 0 Å². The van der Waals surface area contributed by atoms with Crippen LogP contribution in [0.5, 0.6) is 0 Å². The number of hydrogen-bond acceptors (Lipinski definition) is 3. The second-order valence-electron chi connectivity index (χ2n) is 2.96. The Balaban J connectivity index is 2.94. The fraction of sp³-hybridized carbons (Fsp3) is 0.200. The Hall–Kier alpha value is -1.29. The first kappa shape index (κ1) is 11.8. The quantitative estimate of drug-likeness (QED) is 0.433. The van der Waals surface area contributed by atoms with Gasteiger partial charge < -0.3 is 4.74 Å². The SMILES string of the molecule is [B]c1ccc(C(OC(C)=O)C(=O)Cl)cc1. The molecule has 0 N–H and O–H groups in total. The standard InChI is InChI=1S/C10H8BClO3/c1-6(13)15-9(10(12)14)7-2-4-8(11)5-3-7/h2-5,9H,1H3. The third kappa shape index (κ3) is 3.40. The van der Waals surface area contributed by atoms with Crippen molar-refractivity contribution in [2.45, 2.75) is 13.0 Å². The van der Waals surface area contributed by atoms with Gasteiger partial charge in [-0.3, -0.25) is 9.59 Å². The molecule has 15 heavy (non-hydrogen) atoms. The molecule has 0 aliphatic carbocycles. The van der Waals surface area contributed by atoms with E-state index in [-0.39, 0.29) is 0 Å². The van der Waals surface area contributed by atoms with E-state index in [0.717, 1.165) is 0 Å². The predicted octanol–water partition coefficient (Wildman–Crippen LogP) is 0.850. The zero-order valence-corrected chi connectivity index (χ0v) is 8.82. The van der Waals surface area contributed by atoms with Crippen molar-refractivity contribution in [3.63, 3.8) is 0 Å². The lowest BCUT2D eigenvalue weighted by atomic mass is 9.94. The van der Waals surface area contributed by atoms with Crippen LogP contribution in [0.4, 0.5) is 0 Å². The van der Waals surface area contributed by atoms with Gasteiger partial charge >= 0.3 is 5.97 Å². The Morgan fingerprint density at radius 3 is 2.27 bits per heavy atom. The highest BCUT2D eigenvalue weighted by Crippen LogP contribution is 2.19. The lowest BCUT2D eigenvalue weighted by Gasteiger charge is -2.12. The molecule has 1 aromatic rings. The smallest absolute Gasteiger partial charge is 0.303 e. The molecule has 1 aromatic carbocycles. The normalized spacial score (nSPS) is 11.9. The first-order valence-corrected chi connectivity index (χ1v) is 4.60. The Morgan fingerprint density at radius 2 is 1.87 bits per heavy atom. The molecule has 3 nitrogen and oxygen atoms in total. The van der Waals surface area contributed by atoms with Gasteiger partial charge in [0.05, 0.1) is 0 Å². The van der Waals surface area contributed by atoms with Gasteiger partial charge in [-0.2, -0.15) is 0 Å². The Morgan fingerprint density at radius 1 is 1.33 bits per heavy atom. The molecule has 0 saturated heterocycles. The Labute approximate surface area is 93.8 Å². The molecule has 0 aliphatic heterocycles. The number of ether oxygens (including phenoxy) is 1. The first-order chi connectivity index (χ1) is 7.00. The molecule has 0 aliphatic rings. The minimum Gasteiger partial charge on any atom is -0.448 e. The van der Waals surface area contributed by atoms with Crippen molar-refractivity contribution < 1.29 is 14.3 Å². The van der Waals surface area contributed by atoms with Crippen molar-refractivity contribution in [3.05, 3.63) is 29.8 Å². The predicted molar refractivity (Wildman–Crippen MR) is 57.2 cm³/mol. The average molecular weight is 222 g/mol. The zero-order valence-electron chi connectivity index (χ0n) is 8.07. The van der Waals surface area contributed by atoms with Crippen molar-refractivity contribution in [3.8, 4) is 0 Å². The van der Waals surface area contributed by atoms with Gasteiger partial charge in [0, 0.05) is 12.5 Å². The molecule has 0 spiro atoms. The maximum atomic E-state index is 11.0. The van der Waals surface area contributed by atoms with Crippen molar-refractivity contribution in [2.24, 2.45) is 0 Å². The summed E-state index contributed by atoms with van der Waals surface area (Å²) < 4.78 is 4.78. The van der Waals surface area contributed by atoms with Crippen LogP contribution >= 0.6 is 11.6 Å². The number of carbonyl (C=O) groups excluding carboxylic acids is 2. The van der Waals surface area contributed by atoms with E-state index in [1.165, 1.54) is 6.92 Å². The largest absolute Gasteiger partial charge is 0.448 e. The molecule has 2 radical (unpaired) electrons. The topological polar surface area (TPSA) is 43.4 Å². The molecule has 1 unspecified atom stereocenters. The van der Waals surface area contributed by atoms with Gasteiger partial charge in [-0.25, -0.2) is 0 Å². The highest BCUT2D eigenvalue weighted by Gasteiger charge is 2.21. The van der Waals surface area contributed by atoms with E-state index in [1.54, 1.807) is 24.3 Å². The molecule has 0 amide bonds. The number of benzene rings is 1. The lowest BCUT2D eigenvalue weighted by Crippen LogP contribution is -2.15. The van der Waals surface area contributed by atoms with E-state index in [4.69, 9.17) is 24.2 Å². The minimum absolute atomic E-state index is 0.499. The van der Waals surface area contributed by atoms with Crippen LogP contribution in [0.15, 0.2) is 24.3 Å². The van der Waals surface area contributed by atoms with Gasteiger partial charge in [-0.1, -0.05) is 29.7 Å². The highest BCUT2D eigenvalue weighted by molar-refractivity contribution is 6.64. The molecule has 0 heterocycles. The molecule has 0 bridgehead atoms. The number of halogens is 1. The summed E-state index contributed by atoms with van der Waals surface area (Å²) >= 11 is 5.31. The highest BCUT2D eigenvalue weighted by atomic mass is 35.5. The van der Waals surface area contributed by atoms with Crippen LogP contribution in [0, 0.1) is 0 Å². The summed E-state index contributed by atoms with van der Waals surface area (Å²) in [4.78, 5) is 21.8. The van der Waals surface area contributed by atoms with Crippen LogP contribution in [0.3, 0.4) is 0 Å². The Bertz CT molecular complexity index is 375. The maximum Gasteiger partial charge on any atom is 0.303 e. The summed E-state index contributed by atoms with van der Waals surface area (Å²) in [7, 11) is 5.48. The summed E-state index contributed by atoms with van der Waals surface area (Å²) in [5.41, 5.74) is 1.06. The summed E-state index contributed by atoms with van der Waals surface area (Å²) in [5.74, 6) is -0.564. The minimum atomic E-state index is -1.07. The second-order valence-corrected chi connectivity index (χ2v) is 3.33. The monoisotopic (exact) mass is 222 g/mol. The Kier molecular flexibility index (Phi) is 3.92. The molecule has 1 rings (SSSR count). The van der Waals surface area contributed by atoms with Crippen LogP contribution in [0.1, 0.15) is 18.6 Å². The average Bonchev–Trinajstić information content (AvgIpc) is 2.15. The molecule has 0 fully saturated rings. The zero-order chi connectivity index (χ0) is 11.4. The van der Waals surface area contributed by atoms with Crippen molar-refractivity contribution in [2.75, 3.05) is 0 Å². The van der Waals surface area contributed by atoms with Crippen LogP contribution < -0.4 is 5.46 Å². The number of rotatable bonds is 3. The maximum absolute atomic E-state index is 11.0.